The van der Waals surface area contributed by atoms with Crippen molar-refractivity contribution in [3.63, 3.8) is 0 Å². The molecule has 3 atom stereocenters. The average Bonchev–Trinajstić information content (AvgIpc) is 2.93. The van der Waals surface area contributed by atoms with Crippen molar-refractivity contribution in [2.75, 3.05) is 14.2 Å². The van der Waals surface area contributed by atoms with Gasteiger partial charge in [-0.25, -0.2) is 0 Å². The summed E-state index contributed by atoms with van der Waals surface area (Å²) in [4.78, 5) is 12.2. The van der Waals surface area contributed by atoms with Crippen LogP contribution in [0.5, 0.6) is 11.5 Å². The van der Waals surface area contributed by atoms with Crippen LogP contribution in [0.2, 0.25) is 0 Å². The predicted octanol–water partition coefficient (Wildman–Crippen LogP) is 1.78. The maximum absolute atomic E-state index is 12.2. The summed E-state index contributed by atoms with van der Waals surface area (Å²) in [5.41, 5.74) is 6.67. The minimum atomic E-state index is -0.173. The number of benzene rings is 1. The van der Waals surface area contributed by atoms with Crippen LogP contribution in [0.3, 0.4) is 0 Å². The Hall–Kier alpha value is -2.01. The van der Waals surface area contributed by atoms with Crippen molar-refractivity contribution in [2.45, 2.75) is 25.4 Å². The molecule has 1 aromatic rings. The van der Waals surface area contributed by atoms with Gasteiger partial charge in [0.05, 0.1) is 26.2 Å². The van der Waals surface area contributed by atoms with Crippen LogP contribution in [0.1, 0.15) is 24.9 Å². The van der Waals surface area contributed by atoms with E-state index in [9.17, 15) is 4.79 Å². The van der Waals surface area contributed by atoms with Gasteiger partial charge in [0.25, 0.3) is 0 Å². The number of carbonyl (C=O) groups excluding carboxylic acids is 1. The van der Waals surface area contributed by atoms with Crippen molar-refractivity contribution in [2.24, 2.45) is 11.7 Å². The van der Waals surface area contributed by atoms with Gasteiger partial charge in [-0.05, 0) is 31.5 Å². The highest BCUT2D eigenvalue weighted by molar-refractivity contribution is 5.81. The lowest BCUT2D eigenvalue weighted by Gasteiger charge is -2.20. The molecule has 5 nitrogen and oxygen atoms in total. The maximum Gasteiger partial charge on any atom is 0.227 e. The van der Waals surface area contributed by atoms with E-state index >= 15 is 0 Å². The van der Waals surface area contributed by atoms with Crippen LogP contribution < -0.4 is 20.5 Å². The van der Waals surface area contributed by atoms with Gasteiger partial charge in [-0.15, -0.1) is 0 Å². The second-order valence-corrected chi connectivity index (χ2v) is 5.23. The molecular weight excluding hydrogens is 268 g/mol. The highest BCUT2D eigenvalue weighted by Gasteiger charge is 2.24. The Morgan fingerprint density at radius 1 is 1.33 bits per heavy atom. The highest BCUT2D eigenvalue weighted by Crippen LogP contribution is 2.29. The van der Waals surface area contributed by atoms with Gasteiger partial charge < -0.3 is 20.5 Å². The molecule has 0 aliphatic heterocycles. The SMILES string of the molecule is COc1ccc(OC)c(C(C)NC(=O)C2C=CC(N)C2)c1. The number of methoxy groups -OCH3 is 2. The first-order chi connectivity index (χ1) is 10.0. The fraction of sp³-hybridized carbons (Fsp3) is 0.438. The van der Waals surface area contributed by atoms with Crippen molar-refractivity contribution >= 4 is 5.91 Å². The molecule has 1 aliphatic carbocycles. The maximum atomic E-state index is 12.2. The van der Waals surface area contributed by atoms with E-state index in [-0.39, 0.29) is 23.9 Å². The molecule has 3 unspecified atom stereocenters. The zero-order valence-electron chi connectivity index (χ0n) is 12.6. The number of hydrogen-bond acceptors (Lipinski definition) is 4. The van der Waals surface area contributed by atoms with Crippen molar-refractivity contribution in [1.29, 1.82) is 0 Å². The number of nitrogens with one attached hydrogen (secondary N) is 1. The van der Waals surface area contributed by atoms with Gasteiger partial charge in [-0.1, -0.05) is 12.2 Å². The smallest absolute Gasteiger partial charge is 0.227 e. The lowest BCUT2D eigenvalue weighted by molar-refractivity contribution is -0.124. The van der Waals surface area contributed by atoms with Gasteiger partial charge in [-0.3, -0.25) is 4.79 Å². The van der Waals surface area contributed by atoms with E-state index in [2.05, 4.69) is 5.32 Å². The Morgan fingerprint density at radius 2 is 2.10 bits per heavy atom. The van der Waals surface area contributed by atoms with Crippen LogP contribution in [0.25, 0.3) is 0 Å². The topological polar surface area (TPSA) is 73.6 Å². The second kappa shape index (κ2) is 6.63. The largest absolute Gasteiger partial charge is 0.497 e. The Kier molecular flexibility index (Phi) is 4.85. The summed E-state index contributed by atoms with van der Waals surface area (Å²) in [6.45, 7) is 1.92. The Morgan fingerprint density at radius 3 is 2.67 bits per heavy atom. The third-order valence-corrected chi connectivity index (χ3v) is 3.72. The number of amides is 1. The van der Waals surface area contributed by atoms with E-state index in [1.165, 1.54) is 0 Å². The molecule has 0 spiro atoms. The van der Waals surface area contributed by atoms with Crippen LogP contribution in [0.4, 0.5) is 0 Å². The van der Waals surface area contributed by atoms with Gasteiger partial charge in [0.1, 0.15) is 11.5 Å². The van der Waals surface area contributed by atoms with Crippen molar-refractivity contribution in [3.05, 3.63) is 35.9 Å². The second-order valence-electron chi connectivity index (χ2n) is 5.23. The molecule has 5 heteroatoms. The number of ether oxygens (including phenoxy) is 2. The first-order valence-electron chi connectivity index (χ1n) is 7.01. The van der Waals surface area contributed by atoms with Crippen LogP contribution in [-0.2, 0) is 4.79 Å². The fourth-order valence-electron chi connectivity index (χ4n) is 2.50. The van der Waals surface area contributed by atoms with Crippen molar-refractivity contribution in [3.8, 4) is 11.5 Å². The summed E-state index contributed by atoms with van der Waals surface area (Å²) in [5, 5.41) is 3.00. The molecule has 0 aromatic heterocycles. The molecule has 114 valence electrons. The Labute approximate surface area is 125 Å². The molecule has 0 saturated carbocycles. The van der Waals surface area contributed by atoms with Crippen LogP contribution in [0, 0.1) is 5.92 Å². The Bertz CT molecular complexity index is 542. The quantitative estimate of drug-likeness (QED) is 0.811. The third kappa shape index (κ3) is 3.55. The van der Waals surface area contributed by atoms with E-state index in [0.29, 0.717) is 6.42 Å². The molecule has 1 aliphatic rings. The zero-order valence-corrected chi connectivity index (χ0v) is 12.6. The first-order valence-corrected chi connectivity index (χ1v) is 7.01. The molecular formula is C16H22N2O3. The molecule has 21 heavy (non-hydrogen) atoms. The molecule has 3 N–H and O–H groups in total. The number of hydrogen-bond donors (Lipinski definition) is 2. The van der Waals surface area contributed by atoms with E-state index in [1.807, 2.05) is 37.3 Å². The highest BCUT2D eigenvalue weighted by atomic mass is 16.5. The first kappa shape index (κ1) is 15.4. The molecule has 0 heterocycles. The lowest BCUT2D eigenvalue weighted by Crippen LogP contribution is -2.32. The van der Waals surface area contributed by atoms with Gasteiger partial charge in [0.15, 0.2) is 0 Å². The van der Waals surface area contributed by atoms with E-state index < -0.39 is 0 Å². The summed E-state index contributed by atoms with van der Waals surface area (Å²) in [6, 6.07) is 5.34. The molecule has 0 radical (unpaired) electrons. The average molecular weight is 290 g/mol. The summed E-state index contributed by atoms with van der Waals surface area (Å²) in [7, 11) is 3.22. The van der Waals surface area contributed by atoms with E-state index in [0.717, 1.165) is 17.1 Å². The summed E-state index contributed by atoms with van der Waals surface area (Å²) in [6.07, 6.45) is 4.41. The minimum Gasteiger partial charge on any atom is -0.497 e. The predicted molar refractivity (Wildman–Crippen MR) is 81.3 cm³/mol. The molecule has 2 rings (SSSR count). The molecule has 0 bridgehead atoms. The molecule has 1 aromatic carbocycles. The number of rotatable bonds is 5. The lowest BCUT2D eigenvalue weighted by atomic mass is 10.0. The zero-order chi connectivity index (χ0) is 15.4. The molecule has 0 saturated heterocycles. The van der Waals surface area contributed by atoms with Gasteiger partial charge in [0.2, 0.25) is 5.91 Å². The van der Waals surface area contributed by atoms with Crippen molar-refractivity contribution in [1.82, 2.24) is 5.32 Å². The number of nitrogens with two attached hydrogens (primary N) is 1. The summed E-state index contributed by atoms with van der Waals surface area (Å²) < 4.78 is 10.6. The van der Waals surface area contributed by atoms with Gasteiger partial charge in [-0.2, -0.15) is 0 Å². The minimum absolute atomic E-state index is 0.0171. The molecule has 0 fully saturated rings. The summed E-state index contributed by atoms with van der Waals surface area (Å²) in [5.74, 6) is 1.28. The van der Waals surface area contributed by atoms with E-state index in [1.54, 1.807) is 14.2 Å². The van der Waals surface area contributed by atoms with Crippen LogP contribution in [-0.4, -0.2) is 26.2 Å². The van der Waals surface area contributed by atoms with Gasteiger partial charge >= 0.3 is 0 Å². The van der Waals surface area contributed by atoms with Crippen LogP contribution in [0.15, 0.2) is 30.4 Å². The summed E-state index contributed by atoms with van der Waals surface area (Å²) >= 11 is 0. The van der Waals surface area contributed by atoms with E-state index in [4.69, 9.17) is 15.2 Å². The molecule has 1 amide bonds. The van der Waals surface area contributed by atoms with Crippen LogP contribution >= 0.6 is 0 Å². The monoisotopic (exact) mass is 290 g/mol. The Balaban J connectivity index is 2.10. The van der Waals surface area contributed by atoms with Gasteiger partial charge in [0, 0.05) is 11.6 Å². The standard InChI is InChI=1S/C16H22N2O3/c1-10(18-16(19)11-4-5-12(17)8-11)14-9-13(20-2)6-7-15(14)21-3/h4-7,9-12H,8,17H2,1-3H3,(H,18,19). The third-order valence-electron chi connectivity index (χ3n) is 3.72. The fourth-order valence-corrected chi connectivity index (χ4v) is 2.50. The number of carbonyl (C=O) groups is 1. The normalized spacial score (nSPS) is 21.9. The van der Waals surface area contributed by atoms with Crippen molar-refractivity contribution < 1.29 is 14.3 Å².